The second-order valence-electron chi connectivity index (χ2n) is 5.78. The van der Waals surface area contributed by atoms with Gasteiger partial charge in [-0.2, -0.15) is 0 Å². The molecule has 0 rings (SSSR count). The Balaban J connectivity index is 5.07. The summed E-state index contributed by atoms with van der Waals surface area (Å²) in [5.74, 6) is -3.73. The molecule has 11 heteroatoms. The highest BCUT2D eigenvalue weighted by Crippen LogP contribution is 2.06. The van der Waals surface area contributed by atoms with Gasteiger partial charge in [-0.05, 0) is 12.3 Å². The summed E-state index contributed by atoms with van der Waals surface area (Å²) in [6.07, 6.45) is 0.179. The van der Waals surface area contributed by atoms with Crippen LogP contribution in [0.25, 0.3) is 0 Å². The monoisotopic (exact) mass is 362 g/mol. The summed E-state index contributed by atoms with van der Waals surface area (Å²) in [5, 5.41) is 33.7. The number of hydrogen-bond acceptors (Lipinski definition) is 7. The van der Waals surface area contributed by atoms with Crippen LogP contribution in [-0.2, 0) is 19.2 Å². The molecule has 3 unspecified atom stereocenters. The zero-order valence-electron chi connectivity index (χ0n) is 14.2. The molecule has 0 fully saturated rings. The summed E-state index contributed by atoms with van der Waals surface area (Å²) >= 11 is 0. The Hall–Kier alpha value is -2.24. The van der Waals surface area contributed by atoms with Crippen molar-refractivity contribution in [1.82, 2.24) is 16.0 Å². The van der Waals surface area contributed by atoms with Crippen LogP contribution in [0.3, 0.4) is 0 Å². The first kappa shape index (κ1) is 22.8. The van der Waals surface area contributed by atoms with Crippen molar-refractivity contribution in [2.24, 2.45) is 11.7 Å². The van der Waals surface area contributed by atoms with Gasteiger partial charge in [0, 0.05) is 0 Å². The molecule has 0 aromatic rings. The average Bonchev–Trinajstić information content (AvgIpc) is 2.55. The largest absolute Gasteiger partial charge is 0.480 e. The Morgan fingerprint density at radius 1 is 0.880 bits per heavy atom. The molecule has 3 amide bonds. The van der Waals surface area contributed by atoms with Crippen molar-refractivity contribution >= 4 is 23.7 Å². The maximum atomic E-state index is 12.2. The molecule has 0 aliphatic carbocycles. The van der Waals surface area contributed by atoms with Gasteiger partial charge in [0.05, 0.1) is 19.8 Å². The number of carboxylic acids is 1. The van der Waals surface area contributed by atoms with Gasteiger partial charge in [-0.15, -0.1) is 0 Å². The van der Waals surface area contributed by atoms with Gasteiger partial charge < -0.3 is 37.0 Å². The summed E-state index contributed by atoms with van der Waals surface area (Å²) < 4.78 is 0. The van der Waals surface area contributed by atoms with E-state index in [2.05, 4.69) is 16.0 Å². The lowest BCUT2D eigenvalue weighted by Gasteiger charge is -2.24. The van der Waals surface area contributed by atoms with E-state index in [4.69, 9.17) is 15.9 Å². The summed E-state index contributed by atoms with van der Waals surface area (Å²) in [6.45, 7) is 1.67. The molecule has 3 atom stereocenters. The smallest absolute Gasteiger partial charge is 0.328 e. The maximum absolute atomic E-state index is 12.2. The first-order valence-corrected chi connectivity index (χ1v) is 7.70. The fraction of sp³-hybridized carbons (Fsp3) is 0.714. The molecule has 0 bridgehead atoms. The average molecular weight is 362 g/mol. The number of aliphatic carboxylic acids is 1. The van der Waals surface area contributed by atoms with Crippen LogP contribution < -0.4 is 21.7 Å². The number of rotatable bonds is 11. The van der Waals surface area contributed by atoms with E-state index >= 15 is 0 Å². The third kappa shape index (κ3) is 8.42. The van der Waals surface area contributed by atoms with E-state index in [1.165, 1.54) is 0 Å². The van der Waals surface area contributed by atoms with Crippen molar-refractivity contribution < 1.29 is 34.5 Å². The van der Waals surface area contributed by atoms with Crippen LogP contribution in [0, 0.1) is 5.92 Å². The van der Waals surface area contributed by atoms with Crippen LogP contribution in [0.4, 0.5) is 0 Å². The minimum Gasteiger partial charge on any atom is -0.480 e. The Kier molecular flexibility index (Phi) is 10.3. The number of amides is 3. The number of aliphatic hydroxyl groups excluding tert-OH is 2. The third-order valence-electron chi connectivity index (χ3n) is 3.16. The number of aliphatic hydroxyl groups is 2. The third-order valence-corrected chi connectivity index (χ3v) is 3.16. The van der Waals surface area contributed by atoms with E-state index in [1.54, 1.807) is 13.8 Å². The van der Waals surface area contributed by atoms with Crippen molar-refractivity contribution in [3.8, 4) is 0 Å². The summed E-state index contributed by atoms with van der Waals surface area (Å²) in [6, 6.07) is -3.92. The van der Waals surface area contributed by atoms with Gasteiger partial charge in [-0.25, -0.2) is 4.79 Å². The van der Waals surface area contributed by atoms with Crippen molar-refractivity contribution in [2.45, 2.75) is 38.4 Å². The van der Waals surface area contributed by atoms with Crippen LogP contribution in [0.5, 0.6) is 0 Å². The normalized spacial score (nSPS) is 14.3. The van der Waals surface area contributed by atoms with Crippen LogP contribution in [0.2, 0.25) is 0 Å². The van der Waals surface area contributed by atoms with Gasteiger partial charge in [-0.1, -0.05) is 13.8 Å². The lowest BCUT2D eigenvalue weighted by atomic mass is 10.0. The van der Waals surface area contributed by atoms with Crippen LogP contribution in [0.15, 0.2) is 0 Å². The Bertz CT molecular complexity index is 484. The van der Waals surface area contributed by atoms with E-state index in [0.29, 0.717) is 0 Å². The SMILES string of the molecule is CC(C)CC(NC(=O)C(CO)NC(=O)CN)C(=O)NC(CO)C(=O)O. The second kappa shape index (κ2) is 11.3. The van der Waals surface area contributed by atoms with E-state index in [0.717, 1.165) is 0 Å². The van der Waals surface area contributed by atoms with E-state index < -0.39 is 55.0 Å². The highest BCUT2D eigenvalue weighted by molar-refractivity contribution is 5.93. The van der Waals surface area contributed by atoms with Crippen LogP contribution in [-0.4, -0.2) is 76.9 Å². The lowest BCUT2D eigenvalue weighted by Crippen LogP contribution is -2.57. The van der Waals surface area contributed by atoms with Crippen molar-refractivity contribution in [3.63, 3.8) is 0 Å². The lowest BCUT2D eigenvalue weighted by molar-refractivity contribution is -0.143. The zero-order valence-corrected chi connectivity index (χ0v) is 14.2. The fourth-order valence-electron chi connectivity index (χ4n) is 1.88. The number of carbonyl (C=O) groups is 4. The Morgan fingerprint density at radius 2 is 1.36 bits per heavy atom. The molecule has 0 aliphatic rings. The molecule has 0 saturated carbocycles. The molecular weight excluding hydrogens is 336 g/mol. The molecule has 8 N–H and O–H groups in total. The van der Waals surface area contributed by atoms with Gasteiger partial charge in [-0.3, -0.25) is 14.4 Å². The highest BCUT2D eigenvalue weighted by Gasteiger charge is 2.29. The van der Waals surface area contributed by atoms with E-state index in [1.807, 2.05) is 0 Å². The van der Waals surface area contributed by atoms with Gasteiger partial charge in [0.2, 0.25) is 17.7 Å². The van der Waals surface area contributed by atoms with E-state index in [-0.39, 0.29) is 18.9 Å². The highest BCUT2D eigenvalue weighted by atomic mass is 16.4. The molecule has 0 spiro atoms. The summed E-state index contributed by atoms with van der Waals surface area (Å²) in [5.41, 5.74) is 5.12. The number of nitrogens with one attached hydrogen (secondary N) is 3. The predicted molar refractivity (Wildman–Crippen MR) is 86.1 cm³/mol. The Morgan fingerprint density at radius 3 is 1.76 bits per heavy atom. The molecule has 0 aliphatic heterocycles. The quantitative estimate of drug-likeness (QED) is 0.197. The van der Waals surface area contributed by atoms with Crippen molar-refractivity contribution in [3.05, 3.63) is 0 Å². The molecule has 0 radical (unpaired) electrons. The topological polar surface area (TPSA) is 191 Å². The number of hydrogen-bond donors (Lipinski definition) is 7. The standard InChI is InChI=1S/C14H26N4O7/c1-7(2)3-8(12(22)18-10(6-20)14(24)25)17-13(23)9(5-19)16-11(21)4-15/h7-10,19-20H,3-6,15H2,1-2H3,(H,16,21)(H,17,23)(H,18,22)(H,24,25). The fourth-order valence-corrected chi connectivity index (χ4v) is 1.88. The number of carbonyl (C=O) groups excluding carboxylic acids is 3. The molecule has 0 aromatic carbocycles. The molecule has 0 aromatic heterocycles. The first-order chi connectivity index (χ1) is 11.7. The van der Waals surface area contributed by atoms with Gasteiger partial charge in [0.1, 0.15) is 18.1 Å². The predicted octanol–water partition coefficient (Wildman–Crippen LogP) is -3.49. The zero-order chi connectivity index (χ0) is 19.6. The minimum atomic E-state index is -1.51. The molecule has 144 valence electrons. The minimum absolute atomic E-state index is 0.0281. The number of nitrogens with two attached hydrogens (primary N) is 1. The molecular formula is C14H26N4O7. The van der Waals surface area contributed by atoms with Gasteiger partial charge in [0.25, 0.3) is 0 Å². The molecule has 0 saturated heterocycles. The van der Waals surface area contributed by atoms with E-state index in [9.17, 15) is 24.3 Å². The second-order valence-corrected chi connectivity index (χ2v) is 5.78. The van der Waals surface area contributed by atoms with Gasteiger partial charge in [0.15, 0.2) is 0 Å². The summed E-state index contributed by atoms with van der Waals surface area (Å²) in [7, 11) is 0. The molecule has 25 heavy (non-hydrogen) atoms. The van der Waals surface area contributed by atoms with Crippen molar-refractivity contribution in [2.75, 3.05) is 19.8 Å². The molecule has 11 nitrogen and oxygen atoms in total. The van der Waals surface area contributed by atoms with Crippen LogP contribution in [0.1, 0.15) is 20.3 Å². The Labute approximate surface area is 145 Å². The van der Waals surface area contributed by atoms with Crippen LogP contribution >= 0.6 is 0 Å². The number of carboxylic acid groups (broad SMARTS) is 1. The summed E-state index contributed by atoms with van der Waals surface area (Å²) in [4.78, 5) is 46.5. The maximum Gasteiger partial charge on any atom is 0.328 e. The molecule has 0 heterocycles. The first-order valence-electron chi connectivity index (χ1n) is 7.70. The van der Waals surface area contributed by atoms with Crippen molar-refractivity contribution in [1.29, 1.82) is 0 Å². The van der Waals surface area contributed by atoms with Gasteiger partial charge >= 0.3 is 5.97 Å².